The van der Waals surface area contributed by atoms with Gasteiger partial charge < -0.3 is 24.3 Å². The van der Waals surface area contributed by atoms with Crippen LogP contribution in [-0.4, -0.2) is 36.5 Å². The number of alkyl halides is 3. The van der Waals surface area contributed by atoms with Gasteiger partial charge in [-0.2, -0.15) is 0 Å². The van der Waals surface area contributed by atoms with Crippen molar-refractivity contribution in [2.75, 3.05) is 14.2 Å². The molecule has 8 nitrogen and oxygen atoms in total. The normalized spacial score (nSPS) is 10.9. The lowest BCUT2D eigenvalue weighted by Gasteiger charge is -2.10. The SMILES string of the molecule is COC(=O)Cc1c(OC)cc(OC(F)(F)F)nc1[N+](=O)[O-]. The van der Waals surface area contributed by atoms with Crippen molar-refractivity contribution < 1.29 is 37.1 Å². The first kappa shape index (κ1) is 16.5. The Labute approximate surface area is 115 Å². The standard InChI is InChI=1S/C10H9F3N2O6/c1-19-6-4-7(21-10(11,12)13)14-9(15(17)18)5(6)3-8(16)20-2/h4H,3H2,1-2H3. The minimum atomic E-state index is -5.07. The number of carbonyl (C=O) groups excluding carboxylic acids is 1. The summed E-state index contributed by atoms with van der Waals surface area (Å²) in [5.74, 6) is -3.25. The van der Waals surface area contributed by atoms with E-state index < -0.39 is 35.4 Å². The number of nitro groups is 1. The monoisotopic (exact) mass is 310 g/mol. The summed E-state index contributed by atoms with van der Waals surface area (Å²) < 4.78 is 49.0. The van der Waals surface area contributed by atoms with Crippen LogP contribution in [0.4, 0.5) is 19.0 Å². The fourth-order valence-electron chi connectivity index (χ4n) is 1.40. The number of aromatic nitrogens is 1. The predicted octanol–water partition coefficient (Wildman–Crippen LogP) is 1.61. The van der Waals surface area contributed by atoms with E-state index in [1.54, 1.807) is 0 Å². The molecular formula is C10H9F3N2O6. The quantitative estimate of drug-likeness (QED) is 0.462. The molecular weight excluding hydrogens is 301 g/mol. The molecule has 0 radical (unpaired) electrons. The number of esters is 1. The Bertz CT molecular complexity index is 560. The third-order valence-electron chi connectivity index (χ3n) is 2.20. The Balaban J connectivity index is 3.35. The Morgan fingerprint density at radius 2 is 2.05 bits per heavy atom. The van der Waals surface area contributed by atoms with Crippen LogP contribution in [0.5, 0.6) is 11.6 Å². The molecule has 116 valence electrons. The van der Waals surface area contributed by atoms with Crippen LogP contribution in [0.2, 0.25) is 0 Å². The topological polar surface area (TPSA) is 101 Å². The summed E-state index contributed by atoms with van der Waals surface area (Å²) in [6.07, 6.45) is -5.66. The molecule has 1 aromatic rings. The zero-order valence-electron chi connectivity index (χ0n) is 10.8. The van der Waals surface area contributed by atoms with Gasteiger partial charge in [0.1, 0.15) is 11.3 Å². The van der Waals surface area contributed by atoms with Crippen molar-refractivity contribution in [3.8, 4) is 11.6 Å². The van der Waals surface area contributed by atoms with E-state index >= 15 is 0 Å². The maximum Gasteiger partial charge on any atom is 0.575 e. The average Bonchev–Trinajstić information content (AvgIpc) is 2.37. The first-order valence-electron chi connectivity index (χ1n) is 5.22. The Morgan fingerprint density at radius 1 is 1.43 bits per heavy atom. The largest absolute Gasteiger partial charge is 0.575 e. The van der Waals surface area contributed by atoms with Gasteiger partial charge in [-0.3, -0.25) is 4.79 Å². The molecule has 1 rings (SSSR count). The summed E-state index contributed by atoms with van der Waals surface area (Å²) >= 11 is 0. The van der Waals surface area contributed by atoms with Gasteiger partial charge >= 0.3 is 24.0 Å². The van der Waals surface area contributed by atoms with E-state index in [2.05, 4.69) is 14.5 Å². The number of methoxy groups -OCH3 is 2. The second-order valence-corrected chi connectivity index (χ2v) is 3.52. The van der Waals surface area contributed by atoms with Crippen molar-refractivity contribution in [3.05, 3.63) is 21.7 Å². The fraction of sp³-hybridized carbons (Fsp3) is 0.400. The van der Waals surface area contributed by atoms with Crippen molar-refractivity contribution in [1.82, 2.24) is 4.98 Å². The summed E-state index contributed by atoms with van der Waals surface area (Å²) in [4.78, 5) is 24.1. The molecule has 1 aromatic heterocycles. The van der Waals surface area contributed by atoms with Crippen molar-refractivity contribution in [3.63, 3.8) is 0 Å². The number of nitrogens with zero attached hydrogens (tertiary/aromatic N) is 2. The maximum atomic E-state index is 12.1. The van der Waals surface area contributed by atoms with E-state index in [-0.39, 0.29) is 11.3 Å². The predicted molar refractivity (Wildman–Crippen MR) is 59.8 cm³/mol. The number of hydrogen-bond donors (Lipinski definition) is 0. The van der Waals surface area contributed by atoms with Gasteiger partial charge in [0.2, 0.25) is 0 Å². The third kappa shape index (κ3) is 4.47. The van der Waals surface area contributed by atoms with E-state index in [1.807, 2.05) is 0 Å². The van der Waals surface area contributed by atoms with Crippen LogP contribution in [0.25, 0.3) is 0 Å². The molecule has 0 spiro atoms. The molecule has 11 heteroatoms. The van der Waals surface area contributed by atoms with Crippen LogP contribution in [0.3, 0.4) is 0 Å². The van der Waals surface area contributed by atoms with Crippen molar-refractivity contribution in [2.45, 2.75) is 12.8 Å². The molecule has 0 aliphatic heterocycles. The second-order valence-electron chi connectivity index (χ2n) is 3.52. The first-order valence-corrected chi connectivity index (χ1v) is 5.22. The molecule has 0 atom stereocenters. The van der Waals surface area contributed by atoms with Crippen LogP contribution in [-0.2, 0) is 16.0 Å². The van der Waals surface area contributed by atoms with Crippen LogP contribution < -0.4 is 9.47 Å². The molecule has 0 fully saturated rings. The number of rotatable bonds is 5. The molecule has 0 saturated heterocycles. The summed E-state index contributed by atoms with van der Waals surface area (Å²) in [6, 6.07) is 0.693. The molecule has 21 heavy (non-hydrogen) atoms. The maximum absolute atomic E-state index is 12.1. The smallest absolute Gasteiger partial charge is 0.496 e. The minimum absolute atomic E-state index is 0.316. The minimum Gasteiger partial charge on any atom is -0.496 e. The Kier molecular flexibility index (Phi) is 4.89. The molecule has 1 heterocycles. The number of carbonyl (C=O) groups is 1. The van der Waals surface area contributed by atoms with Crippen LogP contribution in [0.15, 0.2) is 6.07 Å². The van der Waals surface area contributed by atoms with Gasteiger partial charge in [0, 0.05) is 4.98 Å². The van der Waals surface area contributed by atoms with Crippen molar-refractivity contribution >= 4 is 11.8 Å². The number of hydrogen-bond acceptors (Lipinski definition) is 7. The molecule has 0 aromatic carbocycles. The molecule has 0 unspecified atom stereocenters. The van der Waals surface area contributed by atoms with Gasteiger partial charge in [0.15, 0.2) is 0 Å². The lowest BCUT2D eigenvalue weighted by molar-refractivity contribution is -0.390. The Morgan fingerprint density at radius 3 is 2.48 bits per heavy atom. The molecule has 0 bridgehead atoms. The number of ether oxygens (including phenoxy) is 3. The number of pyridine rings is 1. The van der Waals surface area contributed by atoms with Gasteiger partial charge in [-0.05, 0) is 4.92 Å². The molecule has 0 aliphatic rings. The van der Waals surface area contributed by atoms with E-state index in [9.17, 15) is 28.1 Å². The highest BCUT2D eigenvalue weighted by atomic mass is 19.4. The summed E-state index contributed by atoms with van der Waals surface area (Å²) in [7, 11) is 2.12. The van der Waals surface area contributed by atoms with Gasteiger partial charge in [-0.15, -0.1) is 13.2 Å². The Hall–Kier alpha value is -2.59. The highest BCUT2D eigenvalue weighted by Gasteiger charge is 2.36. The zero-order chi connectivity index (χ0) is 16.2. The van der Waals surface area contributed by atoms with E-state index in [1.165, 1.54) is 0 Å². The third-order valence-corrected chi connectivity index (χ3v) is 2.20. The molecule has 0 saturated carbocycles. The second kappa shape index (κ2) is 6.24. The van der Waals surface area contributed by atoms with Crippen molar-refractivity contribution in [1.29, 1.82) is 0 Å². The molecule has 0 amide bonds. The van der Waals surface area contributed by atoms with Crippen LogP contribution in [0.1, 0.15) is 5.56 Å². The van der Waals surface area contributed by atoms with Crippen molar-refractivity contribution in [2.24, 2.45) is 0 Å². The zero-order valence-corrected chi connectivity index (χ0v) is 10.8. The van der Waals surface area contributed by atoms with Gasteiger partial charge in [0.25, 0.3) is 0 Å². The van der Waals surface area contributed by atoms with Crippen LogP contribution in [0, 0.1) is 10.1 Å². The lowest BCUT2D eigenvalue weighted by Crippen LogP contribution is -2.19. The van der Waals surface area contributed by atoms with Crippen LogP contribution >= 0.6 is 0 Å². The fourth-order valence-corrected chi connectivity index (χ4v) is 1.40. The highest BCUT2D eigenvalue weighted by molar-refractivity contribution is 5.75. The van der Waals surface area contributed by atoms with E-state index in [4.69, 9.17) is 4.74 Å². The first-order chi connectivity index (χ1) is 9.67. The molecule has 0 N–H and O–H groups in total. The average molecular weight is 310 g/mol. The lowest BCUT2D eigenvalue weighted by atomic mass is 10.1. The number of halogens is 3. The van der Waals surface area contributed by atoms with Gasteiger partial charge in [-0.25, -0.2) is 0 Å². The molecule has 0 aliphatic carbocycles. The van der Waals surface area contributed by atoms with Gasteiger partial charge in [0.05, 0.1) is 26.7 Å². The summed E-state index contributed by atoms with van der Waals surface area (Å²) in [5, 5.41) is 10.9. The van der Waals surface area contributed by atoms with E-state index in [0.717, 1.165) is 14.2 Å². The summed E-state index contributed by atoms with van der Waals surface area (Å²) in [5.41, 5.74) is -0.316. The summed E-state index contributed by atoms with van der Waals surface area (Å²) in [6.45, 7) is 0. The highest BCUT2D eigenvalue weighted by Crippen LogP contribution is 2.33. The van der Waals surface area contributed by atoms with Gasteiger partial charge in [-0.1, -0.05) is 0 Å². The van der Waals surface area contributed by atoms with E-state index in [0.29, 0.717) is 6.07 Å².